The molecule has 8 heteroatoms. The number of benzene rings is 1. The SMILES string of the molecule is Nc1ncc(Cl)cc1C(O)C(O)CCNC(=O)OCc1ccccc1. The molecule has 2 rings (SSSR count). The molecule has 0 aliphatic heterocycles. The highest BCUT2D eigenvalue weighted by Gasteiger charge is 2.21. The molecule has 134 valence electrons. The van der Waals surface area contributed by atoms with Crippen molar-refractivity contribution >= 4 is 23.5 Å². The molecule has 0 bridgehead atoms. The van der Waals surface area contributed by atoms with Crippen LogP contribution >= 0.6 is 11.6 Å². The van der Waals surface area contributed by atoms with Crippen LogP contribution < -0.4 is 11.1 Å². The highest BCUT2D eigenvalue weighted by Crippen LogP contribution is 2.25. The lowest BCUT2D eigenvalue weighted by Gasteiger charge is -2.19. The third-order valence-corrected chi connectivity index (χ3v) is 3.73. The van der Waals surface area contributed by atoms with Crippen LogP contribution in [0.3, 0.4) is 0 Å². The van der Waals surface area contributed by atoms with Crippen molar-refractivity contribution in [2.75, 3.05) is 12.3 Å². The van der Waals surface area contributed by atoms with E-state index >= 15 is 0 Å². The van der Waals surface area contributed by atoms with Crippen molar-refractivity contribution in [2.24, 2.45) is 0 Å². The average Bonchev–Trinajstić information content (AvgIpc) is 2.62. The summed E-state index contributed by atoms with van der Waals surface area (Å²) in [5, 5.41) is 23.0. The molecule has 7 nitrogen and oxygen atoms in total. The van der Waals surface area contributed by atoms with Gasteiger partial charge in [-0.2, -0.15) is 0 Å². The minimum atomic E-state index is -1.26. The van der Waals surface area contributed by atoms with Crippen LogP contribution in [0, 0.1) is 0 Å². The topological polar surface area (TPSA) is 118 Å². The number of rotatable bonds is 7. The first-order valence-electron chi connectivity index (χ1n) is 7.69. The van der Waals surface area contributed by atoms with Gasteiger partial charge in [0.05, 0.1) is 11.1 Å². The average molecular weight is 366 g/mol. The Hall–Kier alpha value is -2.35. The first kappa shape index (κ1) is 19.0. The second-order valence-corrected chi connectivity index (χ2v) is 5.85. The van der Waals surface area contributed by atoms with Gasteiger partial charge in [-0.05, 0) is 18.1 Å². The largest absolute Gasteiger partial charge is 0.445 e. The highest BCUT2D eigenvalue weighted by molar-refractivity contribution is 6.30. The summed E-state index contributed by atoms with van der Waals surface area (Å²) in [6.45, 7) is 0.280. The molecule has 1 heterocycles. The van der Waals surface area contributed by atoms with Gasteiger partial charge in [-0.3, -0.25) is 0 Å². The van der Waals surface area contributed by atoms with E-state index in [4.69, 9.17) is 22.1 Å². The predicted molar refractivity (Wildman–Crippen MR) is 93.9 cm³/mol. The number of halogens is 1. The van der Waals surface area contributed by atoms with E-state index in [-0.39, 0.29) is 31.0 Å². The van der Waals surface area contributed by atoms with Gasteiger partial charge in [-0.15, -0.1) is 0 Å². The number of nitrogens with zero attached hydrogens (tertiary/aromatic N) is 1. The molecule has 25 heavy (non-hydrogen) atoms. The Morgan fingerprint density at radius 2 is 2.04 bits per heavy atom. The number of nitrogens with two attached hydrogens (primary N) is 1. The molecule has 1 aromatic carbocycles. The van der Waals surface area contributed by atoms with Gasteiger partial charge in [0.15, 0.2) is 0 Å². The summed E-state index contributed by atoms with van der Waals surface area (Å²) in [6, 6.07) is 10.7. The van der Waals surface area contributed by atoms with Gasteiger partial charge in [-0.1, -0.05) is 41.9 Å². The Labute approximate surface area is 150 Å². The van der Waals surface area contributed by atoms with E-state index < -0.39 is 18.3 Å². The zero-order valence-electron chi connectivity index (χ0n) is 13.4. The molecule has 2 atom stereocenters. The number of aliphatic hydroxyl groups is 2. The molecule has 2 unspecified atom stereocenters. The van der Waals surface area contributed by atoms with E-state index in [9.17, 15) is 15.0 Å². The van der Waals surface area contributed by atoms with Gasteiger partial charge in [0.2, 0.25) is 0 Å². The Balaban J connectivity index is 1.75. The molecule has 5 N–H and O–H groups in total. The Bertz CT molecular complexity index is 700. The molecule has 0 aliphatic carbocycles. The summed E-state index contributed by atoms with van der Waals surface area (Å²) >= 11 is 5.81. The van der Waals surface area contributed by atoms with E-state index in [0.29, 0.717) is 5.02 Å². The van der Waals surface area contributed by atoms with Crippen LogP contribution in [-0.2, 0) is 11.3 Å². The minimum Gasteiger partial charge on any atom is -0.445 e. The van der Waals surface area contributed by atoms with Crippen molar-refractivity contribution in [3.8, 4) is 0 Å². The first-order valence-corrected chi connectivity index (χ1v) is 8.06. The summed E-state index contributed by atoms with van der Waals surface area (Å²) in [5.41, 5.74) is 6.78. The fraction of sp³-hybridized carbons (Fsp3) is 0.294. The predicted octanol–water partition coefficient (Wildman–Crippen LogP) is 2.03. The minimum absolute atomic E-state index is 0.0891. The number of aromatic nitrogens is 1. The normalized spacial score (nSPS) is 13.1. The van der Waals surface area contributed by atoms with Gasteiger partial charge >= 0.3 is 6.09 Å². The molecule has 0 spiro atoms. The van der Waals surface area contributed by atoms with Crippen LogP contribution in [0.1, 0.15) is 23.7 Å². The number of aliphatic hydroxyl groups excluding tert-OH is 2. The summed E-state index contributed by atoms with van der Waals surface area (Å²) in [6.07, 6.45) is -1.54. The molecule has 0 aliphatic rings. The Morgan fingerprint density at radius 1 is 1.32 bits per heavy atom. The number of carbonyl (C=O) groups excluding carboxylic acids is 1. The highest BCUT2D eigenvalue weighted by atomic mass is 35.5. The lowest BCUT2D eigenvalue weighted by atomic mass is 10.0. The number of amides is 1. The molecule has 0 saturated heterocycles. The van der Waals surface area contributed by atoms with Crippen molar-refractivity contribution in [1.29, 1.82) is 0 Å². The van der Waals surface area contributed by atoms with Crippen molar-refractivity contribution in [2.45, 2.75) is 25.2 Å². The molecule has 1 amide bonds. The molecule has 0 fully saturated rings. The molecule has 2 aromatic rings. The number of pyridine rings is 1. The molecular weight excluding hydrogens is 346 g/mol. The number of carbonyl (C=O) groups is 1. The number of hydrogen-bond donors (Lipinski definition) is 4. The molecule has 1 aromatic heterocycles. The number of nitrogen functional groups attached to an aromatic ring is 1. The molecule has 0 saturated carbocycles. The third-order valence-electron chi connectivity index (χ3n) is 3.52. The van der Waals surface area contributed by atoms with Gasteiger partial charge in [0, 0.05) is 18.3 Å². The van der Waals surface area contributed by atoms with Crippen molar-refractivity contribution in [3.05, 3.63) is 58.7 Å². The van der Waals surface area contributed by atoms with Crippen LogP contribution in [-0.4, -0.2) is 33.9 Å². The van der Waals surface area contributed by atoms with Gasteiger partial charge in [0.25, 0.3) is 0 Å². The van der Waals surface area contributed by atoms with Crippen molar-refractivity contribution in [3.63, 3.8) is 0 Å². The monoisotopic (exact) mass is 365 g/mol. The third kappa shape index (κ3) is 5.90. The van der Waals surface area contributed by atoms with Crippen molar-refractivity contribution in [1.82, 2.24) is 10.3 Å². The lowest BCUT2D eigenvalue weighted by molar-refractivity contribution is 0.0139. The summed E-state index contributed by atoms with van der Waals surface area (Å²) in [5.74, 6) is 0.0891. The van der Waals surface area contributed by atoms with Crippen LogP contribution in [0.5, 0.6) is 0 Å². The van der Waals surface area contributed by atoms with Gasteiger partial charge in [-0.25, -0.2) is 9.78 Å². The van der Waals surface area contributed by atoms with Crippen LogP contribution in [0.2, 0.25) is 5.02 Å². The quantitative estimate of drug-likeness (QED) is 0.596. The second-order valence-electron chi connectivity index (χ2n) is 5.42. The zero-order chi connectivity index (χ0) is 18.2. The zero-order valence-corrected chi connectivity index (χ0v) is 14.2. The Morgan fingerprint density at radius 3 is 2.76 bits per heavy atom. The smallest absolute Gasteiger partial charge is 0.407 e. The first-order chi connectivity index (χ1) is 12.0. The maximum absolute atomic E-state index is 11.6. The lowest BCUT2D eigenvalue weighted by Crippen LogP contribution is -2.30. The van der Waals surface area contributed by atoms with Crippen LogP contribution in [0.4, 0.5) is 10.6 Å². The van der Waals surface area contributed by atoms with Gasteiger partial charge < -0.3 is 26.0 Å². The standard InChI is InChI=1S/C17H20ClN3O4/c18-12-8-13(16(19)21-9-12)15(23)14(22)6-7-20-17(24)25-10-11-4-2-1-3-5-11/h1-5,8-9,14-15,22-23H,6-7,10H2,(H2,19,21)(H,20,24). The Kier molecular flexibility index (Phi) is 7.00. The number of ether oxygens (including phenoxy) is 1. The number of nitrogens with one attached hydrogen (secondary N) is 1. The van der Waals surface area contributed by atoms with Crippen molar-refractivity contribution < 1.29 is 19.7 Å². The number of anilines is 1. The summed E-state index contributed by atoms with van der Waals surface area (Å²) < 4.78 is 5.05. The maximum Gasteiger partial charge on any atom is 0.407 e. The van der Waals surface area contributed by atoms with Crippen LogP contribution in [0.25, 0.3) is 0 Å². The fourth-order valence-corrected chi connectivity index (χ4v) is 2.33. The van der Waals surface area contributed by atoms with E-state index in [1.807, 2.05) is 30.3 Å². The second kappa shape index (κ2) is 9.22. The summed E-state index contributed by atoms with van der Waals surface area (Å²) in [4.78, 5) is 15.4. The molecular formula is C17H20ClN3O4. The van der Waals surface area contributed by atoms with E-state index in [0.717, 1.165) is 5.56 Å². The fourth-order valence-electron chi connectivity index (χ4n) is 2.16. The van der Waals surface area contributed by atoms with Crippen LogP contribution in [0.15, 0.2) is 42.6 Å². The maximum atomic E-state index is 11.6. The summed E-state index contributed by atoms with van der Waals surface area (Å²) in [7, 11) is 0. The van der Waals surface area contributed by atoms with Gasteiger partial charge in [0.1, 0.15) is 18.5 Å². The van der Waals surface area contributed by atoms with E-state index in [1.54, 1.807) is 0 Å². The number of hydrogen-bond acceptors (Lipinski definition) is 6. The molecule has 0 radical (unpaired) electrons. The number of alkyl carbamates (subject to hydrolysis) is 1. The van der Waals surface area contributed by atoms with E-state index in [1.165, 1.54) is 12.3 Å². The van der Waals surface area contributed by atoms with E-state index in [2.05, 4.69) is 10.3 Å².